The van der Waals surface area contributed by atoms with Crippen LogP contribution < -0.4 is 5.32 Å². The Balaban J connectivity index is 2.22. The van der Waals surface area contributed by atoms with E-state index in [4.69, 9.17) is 0 Å². The Bertz CT molecular complexity index is 665. The summed E-state index contributed by atoms with van der Waals surface area (Å²) in [7, 11) is 0. The highest BCUT2D eigenvalue weighted by atomic mass is 16.3. The molecule has 0 saturated carbocycles. The third-order valence-corrected chi connectivity index (χ3v) is 2.86. The average Bonchev–Trinajstić information content (AvgIpc) is 2.44. The highest BCUT2D eigenvalue weighted by Crippen LogP contribution is 2.28. The molecule has 0 atom stereocenters. The van der Waals surface area contributed by atoms with Gasteiger partial charge in [0.1, 0.15) is 5.75 Å². The van der Waals surface area contributed by atoms with Gasteiger partial charge in [0.05, 0.1) is 5.56 Å². The number of hydrogen-bond donors (Lipinski definition) is 2. The number of rotatable bonds is 3. The van der Waals surface area contributed by atoms with Gasteiger partial charge in [-0.1, -0.05) is 30.3 Å². The minimum absolute atomic E-state index is 0.0252. The topological polar surface area (TPSA) is 49.3 Å². The van der Waals surface area contributed by atoms with Crippen molar-refractivity contribution in [3.63, 3.8) is 0 Å². The maximum absolute atomic E-state index is 12.0. The van der Waals surface area contributed by atoms with Crippen LogP contribution in [0.4, 0.5) is 0 Å². The Morgan fingerprint density at radius 3 is 2.84 bits per heavy atom. The molecule has 0 heterocycles. The van der Waals surface area contributed by atoms with Crippen LogP contribution in [0.25, 0.3) is 10.8 Å². The normalized spacial score (nSPS) is 9.74. The van der Waals surface area contributed by atoms with Crippen LogP contribution in [0.1, 0.15) is 23.7 Å². The van der Waals surface area contributed by atoms with Gasteiger partial charge in [-0.15, -0.1) is 11.8 Å². The molecule has 2 aromatic rings. The van der Waals surface area contributed by atoms with Gasteiger partial charge in [0.25, 0.3) is 5.91 Å². The van der Waals surface area contributed by atoms with Crippen LogP contribution >= 0.6 is 0 Å². The van der Waals surface area contributed by atoms with Crippen LogP contribution in [-0.2, 0) is 0 Å². The van der Waals surface area contributed by atoms with Crippen LogP contribution in [0, 0.1) is 11.8 Å². The molecular weight excluding hydrogens is 238 g/mol. The molecule has 2 rings (SSSR count). The fourth-order valence-corrected chi connectivity index (χ4v) is 1.90. The van der Waals surface area contributed by atoms with Crippen molar-refractivity contribution >= 4 is 16.7 Å². The van der Waals surface area contributed by atoms with Crippen LogP contribution in [0.3, 0.4) is 0 Å². The van der Waals surface area contributed by atoms with Gasteiger partial charge in [0, 0.05) is 18.4 Å². The first-order chi connectivity index (χ1) is 9.24. The predicted octanol–water partition coefficient (Wildman–Crippen LogP) is 2.69. The molecule has 0 unspecified atom stereocenters. The third-order valence-electron chi connectivity index (χ3n) is 2.86. The number of carbonyl (C=O) groups is 1. The molecule has 96 valence electrons. The van der Waals surface area contributed by atoms with E-state index in [-0.39, 0.29) is 11.7 Å². The van der Waals surface area contributed by atoms with Gasteiger partial charge in [-0.2, -0.15) is 0 Å². The van der Waals surface area contributed by atoms with E-state index in [1.165, 1.54) is 0 Å². The first kappa shape index (κ1) is 13.0. The quantitative estimate of drug-likeness (QED) is 0.652. The molecule has 0 fully saturated rings. The van der Waals surface area contributed by atoms with E-state index < -0.39 is 0 Å². The molecule has 0 spiro atoms. The van der Waals surface area contributed by atoms with Crippen LogP contribution in [-0.4, -0.2) is 17.6 Å². The number of benzene rings is 2. The molecule has 1 amide bonds. The third kappa shape index (κ3) is 2.86. The summed E-state index contributed by atoms with van der Waals surface area (Å²) >= 11 is 0. The summed E-state index contributed by atoms with van der Waals surface area (Å²) in [6.45, 7) is 2.24. The van der Waals surface area contributed by atoms with Crippen molar-refractivity contribution in [2.45, 2.75) is 13.3 Å². The molecule has 0 aliphatic rings. The van der Waals surface area contributed by atoms with Gasteiger partial charge in [0.15, 0.2) is 0 Å². The van der Waals surface area contributed by atoms with Gasteiger partial charge >= 0.3 is 0 Å². The van der Waals surface area contributed by atoms with Crippen molar-refractivity contribution in [1.82, 2.24) is 5.32 Å². The number of hydrogen-bond acceptors (Lipinski definition) is 2. The van der Waals surface area contributed by atoms with Crippen molar-refractivity contribution in [2.75, 3.05) is 6.54 Å². The summed E-state index contributed by atoms with van der Waals surface area (Å²) in [4.78, 5) is 12.0. The van der Waals surface area contributed by atoms with Gasteiger partial charge in [-0.25, -0.2) is 0 Å². The van der Waals surface area contributed by atoms with Crippen molar-refractivity contribution in [1.29, 1.82) is 0 Å². The Morgan fingerprint density at radius 2 is 2.05 bits per heavy atom. The second kappa shape index (κ2) is 5.92. The smallest absolute Gasteiger partial charge is 0.255 e. The fourth-order valence-electron chi connectivity index (χ4n) is 1.90. The average molecular weight is 253 g/mol. The predicted molar refractivity (Wildman–Crippen MR) is 76.0 cm³/mol. The Morgan fingerprint density at radius 1 is 1.26 bits per heavy atom. The van der Waals surface area contributed by atoms with Crippen molar-refractivity contribution in [3.8, 4) is 17.6 Å². The summed E-state index contributed by atoms with van der Waals surface area (Å²) in [6.07, 6.45) is 0.608. The highest BCUT2D eigenvalue weighted by Gasteiger charge is 2.12. The minimum Gasteiger partial charge on any atom is -0.506 e. The van der Waals surface area contributed by atoms with Gasteiger partial charge in [-0.05, 0) is 18.4 Å². The largest absolute Gasteiger partial charge is 0.506 e. The molecule has 3 nitrogen and oxygen atoms in total. The maximum atomic E-state index is 12.0. The Labute approximate surface area is 112 Å². The monoisotopic (exact) mass is 253 g/mol. The molecule has 0 radical (unpaired) electrons. The number of phenolic OH excluding ortho intramolecular Hbond substituents is 1. The molecule has 0 saturated heterocycles. The Kier molecular flexibility index (Phi) is 4.04. The Hall–Kier alpha value is -2.47. The van der Waals surface area contributed by atoms with E-state index in [1.807, 2.05) is 24.3 Å². The lowest BCUT2D eigenvalue weighted by Gasteiger charge is -2.08. The van der Waals surface area contributed by atoms with Crippen LogP contribution in [0.2, 0.25) is 0 Å². The zero-order valence-electron chi connectivity index (χ0n) is 10.7. The summed E-state index contributed by atoms with van der Waals surface area (Å²) in [5, 5.41) is 14.5. The van der Waals surface area contributed by atoms with E-state index in [9.17, 15) is 9.90 Å². The standard InChI is InChI=1S/C16H15NO2/c1-2-3-6-11-17-16(19)14-10-9-12-7-4-5-8-13(12)15(14)18/h4-5,7-10,18H,6,11H2,1H3,(H,17,19). The summed E-state index contributed by atoms with van der Waals surface area (Å²) in [5.74, 6) is 5.39. The number of fused-ring (bicyclic) bond motifs is 1. The molecular formula is C16H15NO2. The molecule has 19 heavy (non-hydrogen) atoms. The second-order valence-corrected chi connectivity index (χ2v) is 4.12. The molecule has 0 aliphatic carbocycles. The highest BCUT2D eigenvalue weighted by molar-refractivity contribution is 6.03. The van der Waals surface area contributed by atoms with E-state index in [1.54, 1.807) is 19.1 Å². The number of nitrogens with one attached hydrogen (secondary N) is 1. The first-order valence-corrected chi connectivity index (χ1v) is 6.12. The van der Waals surface area contributed by atoms with Crippen LogP contribution in [0.15, 0.2) is 36.4 Å². The molecule has 2 N–H and O–H groups in total. The fraction of sp³-hybridized carbons (Fsp3) is 0.188. The number of aromatic hydroxyl groups is 1. The summed E-state index contributed by atoms with van der Waals surface area (Å²) < 4.78 is 0. The number of amides is 1. The molecule has 3 heteroatoms. The van der Waals surface area contributed by atoms with Crippen molar-refractivity contribution in [2.24, 2.45) is 0 Å². The molecule has 2 aromatic carbocycles. The van der Waals surface area contributed by atoms with E-state index in [0.717, 1.165) is 5.39 Å². The summed E-state index contributed by atoms with van der Waals surface area (Å²) in [5.41, 5.74) is 0.295. The summed E-state index contributed by atoms with van der Waals surface area (Å²) in [6, 6.07) is 10.9. The minimum atomic E-state index is -0.277. The van der Waals surface area contributed by atoms with Gasteiger partial charge < -0.3 is 10.4 Å². The molecule has 0 bridgehead atoms. The number of carbonyl (C=O) groups excluding carboxylic acids is 1. The zero-order valence-corrected chi connectivity index (χ0v) is 10.7. The van der Waals surface area contributed by atoms with E-state index in [0.29, 0.717) is 23.9 Å². The maximum Gasteiger partial charge on any atom is 0.255 e. The SMILES string of the molecule is CC#CCCNC(=O)c1ccc2ccccc2c1O. The first-order valence-electron chi connectivity index (χ1n) is 6.12. The lowest BCUT2D eigenvalue weighted by atomic mass is 10.0. The van der Waals surface area contributed by atoms with Gasteiger partial charge in [0.2, 0.25) is 0 Å². The lowest BCUT2D eigenvalue weighted by molar-refractivity contribution is 0.0952. The molecule has 0 aromatic heterocycles. The lowest BCUT2D eigenvalue weighted by Crippen LogP contribution is -2.24. The molecule has 0 aliphatic heterocycles. The zero-order chi connectivity index (χ0) is 13.7. The van der Waals surface area contributed by atoms with E-state index in [2.05, 4.69) is 17.2 Å². The van der Waals surface area contributed by atoms with Crippen LogP contribution in [0.5, 0.6) is 5.75 Å². The second-order valence-electron chi connectivity index (χ2n) is 4.12. The van der Waals surface area contributed by atoms with Crippen molar-refractivity contribution < 1.29 is 9.90 Å². The number of phenols is 1. The van der Waals surface area contributed by atoms with Gasteiger partial charge in [-0.3, -0.25) is 4.79 Å². The van der Waals surface area contributed by atoms with Crippen molar-refractivity contribution in [3.05, 3.63) is 42.0 Å². The van der Waals surface area contributed by atoms with E-state index >= 15 is 0 Å².